The molecule has 1 saturated heterocycles. The Labute approximate surface area is 212 Å². The van der Waals surface area contributed by atoms with E-state index in [4.69, 9.17) is 9.47 Å². The number of carbonyl (C=O) groups is 3. The molecule has 3 aromatic carbocycles. The van der Waals surface area contributed by atoms with Crippen molar-refractivity contribution in [2.45, 2.75) is 6.54 Å². The standard InChI is InChI=1S/C25H17FINO5S/c1-32-21-12-15(10-11-20(21)33-24(30)17-7-3-5-9-19(17)27)13-22-23(29)28(25(31)34-22)14-16-6-2-4-8-18(16)26/h2-13H,14H2,1H3/b22-13-. The molecule has 0 aliphatic carbocycles. The van der Waals surface area contributed by atoms with Gasteiger partial charge in [0.15, 0.2) is 11.5 Å². The third-order valence-electron chi connectivity index (χ3n) is 4.94. The van der Waals surface area contributed by atoms with E-state index in [-0.39, 0.29) is 22.8 Å². The van der Waals surface area contributed by atoms with E-state index in [0.717, 1.165) is 20.2 Å². The molecule has 0 saturated carbocycles. The van der Waals surface area contributed by atoms with Crippen LogP contribution in [0.5, 0.6) is 11.5 Å². The number of esters is 1. The number of amides is 2. The Morgan fingerprint density at radius 2 is 1.79 bits per heavy atom. The van der Waals surface area contributed by atoms with Crippen LogP contribution in [0.4, 0.5) is 9.18 Å². The van der Waals surface area contributed by atoms with Gasteiger partial charge in [0.1, 0.15) is 5.82 Å². The molecule has 1 aliphatic rings. The molecular formula is C25H17FINO5S. The van der Waals surface area contributed by atoms with Crippen LogP contribution in [0.1, 0.15) is 21.5 Å². The summed E-state index contributed by atoms with van der Waals surface area (Å²) in [7, 11) is 1.44. The topological polar surface area (TPSA) is 72.9 Å². The molecule has 1 aliphatic heterocycles. The summed E-state index contributed by atoms with van der Waals surface area (Å²) in [6.45, 7) is -0.148. The van der Waals surface area contributed by atoms with Crippen LogP contribution in [0.15, 0.2) is 71.6 Å². The molecule has 1 fully saturated rings. The van der Waals surface area contributed by atoms with E-state index in [9.17, 15) is 18.8 Å². The molecule has 3 aromatic rings. The molecule has 0 atom stereocenters. The van der Waals surface area contributed by atoms with E-state index in [1.54, 1.807) is 54.6 Å². The van der Waals surface area contributed by atoms with Crippen molar-refractivity contribution in [3.8, 4) is 11.5 Å². The number of hydrogen-bond donors (Lipinski definition) is 0. The molecule has 0 spiro atoms. The van der Waals surface area contributed by atoms with Gasteiger partial charge in [-0.05, 0) is 76.3 Å². The molecule has 172 valence electrons. The zero-order chi connectivity index (χ0) is 24.2. The first-order valence-corrected chi connectivity index (χ1v) is 11.9. The van der Waals surface area contributed by atoms with E-state index >= 15 is 0 Å². The number of hydrogen-bond acceptors (Lipinski definition) is 6. The van der Waals surface area contributed by atoms with Gasteiger partial charge in [-0.15, -0.1) is 0 Å². The minimum Gasteiger partial charge on any atom is -0.493 e. The lowest BCUT2D eigenvalue weighted by molar-refractivity contribution is -0.123. The number of imide groups is 1. The average molecular weight is 589 g/mol. The molecule has 9 heteroatoms. The predicted molar refractivity (Wildman–Crippen MR) is 135 cm³/mol. The van der Waals surface area contributed by atoms with Gasteiger partial charge in [0.25, 0.3) is 11.1 Å². The van der Waals surface area contributed by atoms with Gasteiger partial charge < -0.3 is 9.47 Å². The second-order valence-corrected chi connectivity index (χ2v) is 9.29. The van der Waals surface area contributed by atoms with Crippen LogP contribution in [0.2, 0.25) is 0 Å². The normalized spacial score (nSPS) is 14.6. The average Bonchev–Trinajstić information content (AvgIpc) is 3.08. The lowest BCUT2D eigenvalue weighted by Gasteiger charge is -2.13. The van der Waals surface area contributed by atoms with Crippen LogP contribution in [0.25, 0.3) is 6.08 Å². The maximum Gasteiger partial charge on any atom is 0.344 e. The first-order valence-electron chi connectivity index (χ1n) is 10.0. The van der Waals surface area contributed by atoms with Gasteiger partial charge in [-0.2, -0.15) is 0 Å². The van der Waals surface area contributed by atoms with Gasteiger partial charge in [0.2, 0.25) is 0 Å². The van der Waals surface area contributed by atoms with Gasteiger partial charge in [-0.3, -0.25) is 14.5 Å². The second kappa shape index (κ2) is 10.4. The second-order valence-electron chi connectivity index (χ2n) is 7.14. The summed E-state index contributed by atoms with van der Waals surface area (Å²) in [4.78, 5) is 38.9. The minimum absolute atomic E-state index is 0.148. The number of carbonyl (C=O) groups excluding carboxylic acids is 3. The summed E-state index contributed by atoms with van der Waals surface area (Å²) < 4.78 is 25.6. The van der Waals surface area contributed by atoms with E-state index in [1.807, 2.05) is 6.07 Å². The molecule has 4 rings (SSSR count). The Kier molecular flexibility index (Phi) is 7.32. The molecule has 0 radical (unpaired) electrons. The first kappa shape index (κ1) is 24.0. The highest BCUT2D eigenvalue weighted by Gasteiger charge is 2.35. The predicted octanol–water partition coefficient (Wildman–Crippen LogP) is 5.89. The molecule has 0 unspecified atom stereocenters. The molecule has 0 bridgehead atoms. The number of rotatable bonds is 6. The van der Waals surface area contributed by atoms with Crippen LogP contribution < -0.4 is 9.47 Å². The van der Waals surface area contributed by atoms with Crippen molar-refractivity contribution < 1.29 is 28.2 Å². The number of thioether (sulfide) groups is 1. The van der Waals surface area contributed by atoms with Gasteiger partial charge in [-0.1, -0.05) is 36.4 Å². The van der Waals surface area contributed by atoms with Gasteiger partial charge in [0, 0.05) is 9.13 Å². The maximum atomic E-state index is 14.0. The third-order valence-corrected chi connectivity index (χ3v) is 6.79. The Bertz CT molecular complexity index is 1330. The minimum atomic E-state index is -0.523. The largest absolute Gasteiger partial charge is 0.493 e. The van der Waals surface area contributed by atoms with Crippen LogP contribution in [0.3, 0.4) is 0 Å². The number of ether oxygens (including phenoxy) is 2. The van der Waals surface area contributed by atoms with Crippen molar-refractivity contribution in [2.24, 2.45) is 0 Å². The molecule has 34 heavy (non-hydrogen) atoms. The lowest BCUT2D eigenvalue weighted by atomic mass is 10.1. The zero-order valence-electron chi connectivity index (χ0n) is 17.8. The van der Waals surface area contributed by atoms with Gasteiger partial charge >= 0.3 is 5.97 Å². The molecule has 1 heterocycles. The highest BCUT2D eigenvalue weighted by Crippen LogP contribution is 2.35. The third kappa shape index (κ3) is 5.15. The Morgan fingerprint density at radius 1 is 1.06 bits per heavy atom. The summed E-state index contributed by atoms with van der Waals surface area (Å²) in [5.41, 5.74) is 1.26. The SMILES string of the molecule is COc1cc(/C=C2\SC(=O)N(Cc3ccccc3F)C2=O)ccc1OC(=O)c1ccccc1I. The summed E-state index contributed by atoms with van der Waals surface area (Å²) in [5, 5.41) is -0.477. The van der Waals surface area contributed by atoms with Crippen LogP contribution in [-0.4, -0.2) is 29.1 Å². The van der Waals surface area contributed by atoms with Gasteiger partial charge in [-0.25, -0.2) is 9.18 Å². The smallest absolute Gasteiger partial charge is 0.344 e. The lowest BCUT2D eigenvalue weighted by Crippen LogP contribution is -2.27. The van der Waals surface area contributed by atoms with E-state index in [1.165, 1.54) is 19.2 Å². The summed E-state index contributed by atoms with van der Waals surface area (Å²) in [5.74, 6) is -1.00. The molecular weight excluding hydrogens is 572 g/mol. The van der Waals surface area contributed by atoms with Crippen molar-refractivity contribution in [1.29, 1.82) is 0 Å². The van der Waals surface area contributed by atoms with Crippen molar-refractivity contribution in [3.63, 3.8) is 0 Å². The van der Waals surface area contributed by atoms with E-state index in [2.05, 4.69) is 22.6 Å². The van der Waals surface area contributed by atoms with E-state index < -0.39 is 22.9 Å². The maximum absolute atomic E-state index is 14.0. The van der Waals surface area contributed by atoms with Crippen LogP contribution in [-0.2, 0) is 11.3 Å². The monoisotopic (exact) mass is 589 g/mol. The summed E-state index contributed by atoms with van der Waals surface area (Å²) >= 11 is 2.83. The number of benzene rings is 3. The number of halogens is 2. The first-order chi connectivity index (χ1) is 16.4. The Morgan fingerprint density at radius 3 is 2.53 bits per heavy atom. The highest BCUT2D eigenvalue weighted by molar-refractivity contribution is 14.1. The van der Waals surface area contributed by atoms with Crippen molar-refractivity contribution >= 4 is 57.5 Å². The number of nitrogens with zero attached hydrogens (tertiary/aromatic N) is 1. The van der Waals surface area contributed by atoms with Crippen molar-refractivity contribution in [3.05, 3.63) is 97.7 Å². The summed E-state index contributed by atoms with van der Waals surface area (Å²) in [6.07, 6.45) is 1.54. The van der Waals surface area contributed by atoms with Crippen molar-refractivity contribution in [1.82, 2.24) is 4.90 Å². The van der Waals surface area contributed by atoms with Crippen molar-refractivity contribution in [2.75, 3.05) is 7.11 Å². The van der Waals surface area contributed by atoms with Crippen LogP contribution in [0, 0.1) is 9.39 Å². The number of methoxy groups -OCH3 is 1. The molecule has 0 N–H and O–H groups in total. The quantitative estimate of drug-likeness (QED) is 0.155. The van der Waals surface area contributed by atoms with E-state index in [0.29, 0.717) is 16.9 Å². The molecule has 2 amide bonds. The molecule has 6 nitrogen and oxygen atoms in total. The Balaban J connectivity index is 1.53. The fourth-order valence-electron chi connectivity index (χ4n) is 3.22. The van der Waals surface area contributed by atoms with Gasteiger partial charge in [0.05, 0.1) is 24.1 Å². The zero-order valence-corrected chi connectivity index (χ0v) is 20.8. The summed E-state index contributed by atoms with van der Waals surface area (Å²) in [6, 6.07) is 17.8. The molecule has 0 aromatic heterocycles. The highest BCUT2D eigenvalue weighted by atomic mass is 127. The fourth-order valence-corrected chi connectivity index (χ4v) is 4.67. The fraction of sp³-hybridized carbons (Fsp3) is 0.0800. The Hall–Kier alpha value is -3.18. The van der Waals surface area contributed by atoms with Crippen LogP contribution >= 0.6 is 34.4 Å².